The number of pyridine rings is 1. The van der Waals surface area contributed by atoms with E-state index in [1.165, 1.54) is 0 Å². The molecule has 1 rings (SSSR count). The lowest BCUT2D eigenvalue weighted by atomic mass is 10.1. The Kier molecular flexibility index (Phi) is 6.09. The molecule has 0 saturated carbocycles. The van der Waals surface area contributed by atoms with E-state index in [0.717, 1.165) is 48.7 Å². The van der Waals surface area contributed by atoms with Crippen LogP contribution in [0.1, 0.15) is 23.7 Å². The molecule has 18 heavy (non-hydrogen) atoms. The first-order valence-electron chi connectivity index (χ1n) is 6.48. The second kappa shape index (κ2) is 7.34. The standard InChI is InChI=1S/C14H25N3O/c1-6-15-7-8-17(4)10-13-12(3)14(18-5)11(2)9-16-13/h9,15H,6-8,10H2,1-5H3. The van der Waals surface area contributed by atoms with E-state index in [9.17, 15) is 0 Å². The molecule has 0 radical (unpaired) electrons. The van der Waals surface area contributed by atoms with Gasteiger partial charge in [-0.2, -0.15) is 0 Å². The first-order valence-corrected chi connectivity index (χ1v) is 6.48. The number of nitrogens with zero attached hydrogens (tertiary/aromatic N) is 2. The fourth-order valence-electron chi connectivity index (χ4n) is 2.01. The van der Waals surface area contributed by atoms with Gasteiger partial charge in [-0.25, -0.2) is 0 Å². The topological polar surface area (TPSA) is 37.4 Å². The molecule has 1 aromatic heterocycles. The lowest BCUT2D eigenvalue weighted by Crippen LogP contribution is -2.29. The van der Waals surface area contributed by atoms with Crippen molar-refractivity contribution in [2.45, 2.75) is 27.3 Å². The van der Waals surface area contributed by atoms with Crippen LogP contribution in [0, 0.1) is 13.8 Å². The average molecular weight is 251 g/mol. The summed E-state index contributed by atoms with van der Waals surface area (Å²) in [6, 6.07) is 0. The fraction of sp³-hybridized carbons (Fsp3) is 0.643. The van der Waals surface area contributed by atoms with E-state index in [2.05, 4.69) is 36.1 Å². The zero-order valence-corrected chi connectivity index (χ0v) is 12.2. The minimum Gasteiger partial charge on any atom is -0.496 e. The summed E-state index contributed by atoms with van der Waals surface area (Å²) in [5.74, 6) is 0.958. The van der Waals surface area contributed by atoms with Gasteiger partial charge in [0.2, 0.25) is 0 Å². The van der Waals surface area contributed by atoms with Crippen LogP contribution in [0.15, 0.2) is 6.20 Å². The highest BCUT2D eigenvalue weighted by molar-refractivity contribution is 5.40. The van der Waals surface area contributed by atoms with Gasteiger partial charge >= 0.3 is 0 Å². The molecule has 0 unspecified atom stereocenters. The molecular weight excluding hydrogens is 226 g/mol. The molecule has 0 aliphatic carbocycles. The fourth-order valence-corrected chi connectivity index (χ4v) is 2.01. The summed E-state index contributed by atoms with van der Waals surface area (Å²) >= 11 is 0. The molecule has 4 nitrogen and oxygen atoms in total. The molecule has 1 N–H and O–H groups in total. The Morgan fingerprint density at radius 2 is 2.11 bits per heavy atom. The van der Waals surface area contributed by atoms with Crippen molar-refractivity contribution >= 4 is 0 Å². The Morgan fingerprint density at radius 3 is 2.72 bits per heavy atom. The number of nitrogens with one attached hydrogen (secondary N) is 1. The Hall–Kier alpha value is -1.13. The Morgan fingerprint density at radius 1 is 1.39 bits per heavy atom. The number of hydrogen-bond acceptors (Lipinski definition) is 4. The lowest BCUT2D eigenvalue weighted by Gasteiger charge is -2.19. The summed E-state index contributed by atoms with van der Waals surface area (Å²) in [4.78, 5) is 6.78. The van der Waals surface area contributed by atoms with Crippen LogP contribution in [-0.2, 0) is 6.54 Å². The minimum absolute atomic E-state index is 0.855. The highest BCUT2D eigenvalue weighted by atomic mass is 16.5. The highest BCUT2D eigenvalue weighted by Crippen LogP contribution is 2.24. The summed E-state index contributed by atoms with van der Waals surface area (Å²) < 4.78 is 5.43. The normalized spacial score (nSPS) is 11.0. The number of aryl methyl sites for hydroxylation is 1. The van der Waals surface area contributed by atoms with Crippen molar-refractivity contribution in [1.82, 2.24) is 15.2 Å². The largest absolute Gasteiger partial charge is 0.496 e. The van der Waals surface area contributed by atoms with Crippen LogP contribution in [-0.4, -0.2) is 43.7 Å². The van der Waals surface area contributed by atoms with E-state index in [0.29, 0.717) is 0 Å². The maximum atomic E-state index is 5.43. The summed E-state index contributed by atoms with van der Waals surface area (Å²) in [5, 5.41) is 3.32. The molecule has 0 aliphatic rings. The van der Waals surface area contributed by atoms with Gasteiger partial charge in [-0.15, -0.1) is 0 Å². The van der Waals surface area contributed by atoms with Crippen LogP contribution in [0.3, 0.4) is 0 Å². The van der Waals surface area contributed by atoms with E-state index in [1.807, 2.05) is 13.1 Å². The van der Waals surface area contributed by atoms with Crippen molar-refractivity contribution in [3.05, 3.63) is 23.0 Å². The van der Waals surface area contributed by atoms with Crippen LogP contribution in [0.25, 0.3) is 0 Å². The minimum atomic E-state index is 0.855. The van der Waals surface area contributed by atoms with Gasteiger partial charge in [-0.05, 0) is 27.4 Å². The van der Waals surface area contributed by atoms with Crippen LogP contribution >= 0.6 is 0 Å². The van der Waals surface area contributed by atoms with Gasteiger partial charge in [-0.1, -0.05) is 6.92 Å². The number of rotatable bonds is 7. The average Bonchev–Trinajstić information content (AvgIpc) is 2.34. The van der Waals surface area contributed by atoms with Crippen molar-refractivity contribution in [2.75, 3.05) is 33.8 Å². The number of aromatic nitrogens is 1. The van der Waals surface area contributed by atoms with Gasteiger partial charge in [0.15, 0.2) is 0 Å². The van der Waals surface area contributed by atoms with Crippen LogP contribution in [0.4, 0.5) is 0 Å². The van der Waals surface area contributed by atoms with Crippen molar-refractivity contribution in [2.24, 2.45) is 0 Å². The molecule has 0 atom stereocenters. The van der Waals surface area contributed by atoms with Gasteiger partial charge in [0, 0.05) is 37.0 Å². The van der Waals surface area contributed by atoms with E-state index >= 15 is 0 Å². The highest BCUT2D eigenvalue weighted by Gasteiger charge is 2.10. The van der Waals surface area contributed by atoms with Crippen molar-refractivity contribution in [1.29, 1.82) is 0 Å². The molecule has 0 aliphatic heterocycles. The first-order chi connectivity index (χ1) is 8.60. The lowest BCUT2D eigenvalue weighted by molar-refractivity contribution is 0.319. The third-order valence-electron chi connectivity index (χ3n) is 3.09. The van der Waals surface area contributed by atoms with Gasteiger partial charge in [0.25, 0.3) is 0 Å². The van der Waals surface area contributed by atoms with E-state index < -0.39 is 0 Å². The van der Waals surface area contributed by atoms with Gasteiger partial charge < -0.3 is 10.1 Å². The number of hydrogen-bond donors (Lipinski definition) is 1. The van der Waals surface area contributed by atoms with Gasteiger partial charge in [0.05, 0.1) is 12.8 Å². The van der Waals surface area contributed by atoms with Gasteiger partial charge in [-0.3, -0.25) is 9.88 Å². The zero-order valence-electron chi connectivity index (χ0n) is 12.2. The summed E-state index contributed by atoms with van der Waals surface area (Å²) in [7, 11) is 3.83. The molecular formula is C14H25N3O. The van der Waals surface area contributed by atoms with E-state index in [4.69, 9.17) is 4.74 Å². The SMILES string of the molecule is CCNCCN(C)Cc1ncc(C)c(OC)c1C. The predicted molar refractivity (Wildman–Crippen MR) is 75.1 cm³/mol. The zero-order chi connectivity index (χ0) is 13.5. The van der Waals surface area contributed by atoms with Gasteiger partial charge in [0.1, 0.15) is 5.75 Å². The molecule has 1 heterocycles. The first kappa shape index (κ1) is 14.9. The third kappa shape index (κ3) is 3.96. The number of ether oxygens (including phenoxy) is 1. The molecule has 0 saturated heterocycles. The van der Waals surface area contributed by atoms with Crippen LogP contribution in [0.5, 0.6) is 5.75 Å². The Labute approximate surface area is 110 Å². The van der Waals surface area contributed by atoms with Crippen LogP contribution < -0.4 is 10.1 Å². The van der Waals surface area contributed by atoms with Crippen molar-refractivity contribution in [3.63, 3.8) is 0 Å². The van der Waals surface area contributed by atoms with Crippen molar-refractivity contribution in [3.8, 4) is 5.75 Å². The molecule has 0 fully saturated rings. The summed E-state index contributed by atoms with van der Waals surface area (Å²) in [6.45, 7) is 10.1. The Bertz CT molecular complexity index is 380. The molecule has 0 bridgehead atoms. The van der Waals surface area contributed by atoms with E-state index in [-0.39, 0.29) is 0 Å². The summed E-state index contributed by atoms with van der Waals surface area (Å²) in [6.07, 6.45) is 1.89. The van der Waals surface area contributed by atoms with E-state index in [1.54, 1.807) is 7.11 Å². The third-order valence-corrected chi connectivity index (χ3v) is 3.09. The maximum absolute atomic E-state index is 5.43. The second-order valence-corrected chi connectivity index (χ2v) is 4.64. The second-order valence-electron chi connectivity index (χ2n) is 4.64. The number of methoxy groups -OCH3 is 1. The molecule has 0 aromatic carbocycles. The quantitative estimate of drug-likeness (QED) is 0.749. The maximum Gasteiger partial charge on any atom is 0.128 e. The number of likely N-dealkylation sites (N-methyl/N-ethyl adjacent to an activating group) is 2. The van der Waals surface area contributed by atoms with Crippen molar-refractivity contribution < 1.29 is 4.74 Å². The monoisotopic (exact) mass is 251 g/mol. The predicted octanol–water partition coefficient (Wildman–Crippen LogP) is 1.75. The smallest absolute Gasteiger partial charge is 0.128 e. The van der Waals surface area contributed by atoms with Crippen LogP contribution in [0.2, 0.25) is 0 Å². The molecule has 4 heteroatoms. The Balaban J connectivity index is 2.67. The molecule has 102 valence electrons. The molecule has 1 aromatic rings. The summed E-state index contributed by atoms with van der Waals surface area (Å²) in [5.41, 5.74) is 3.33. The molecule has 0 amide bonds. The molecule has 0 spiro atoms.